The Morgan fingerprint density at radius 3 is 2.81 bits per heavy atom. The molecule has 0 heterocycles. The number of hydrogen-bond donors (Lipinski definition) is 2. The van der Waals surface area contributed by atoms with E-state index >= 15 is 0 Å². The number of nitrogens with one attached hydrogen (secondary N) is 1. The molecule has 1 aliphatic rings. The van der Waals surface area contributed by atoms with E-state index in [1.165, 1.54) is 0 Å². The Kier molecular flexibility index (Phi) is 4.25. The summed E-state index contributed by atoms with van der Waals surface area (Å²) in [6.07, 6.45) is 1.80. The fourth-order valence-corrected chi connectivity index (χ4v) is 2.68. The van der Waals surface area contributed by atoms with Crippen LogP contribution in [-0.4, -0.2) is 17.8 Å². The molecular weight excluding hydrogens is 289 g/mol. The number of hydrogen-bond acceptors (Lipinski definition) is 2. The number of aliphatic hydroxyl groups excluding tert-OH is 1. The van der Waals surface area contributed by atoms with Gasteiger partial charge in [-0.25, -0.2) is 0 Å². The van der Waals surface area contributed by atoms with E-state index in [-0.39, 0.29) is 6.10 Å². The van der Waals surface area contributed by atoms with Gasteiger partial charge >= 0.3 is 0 Å². The first-order chi connectivity index (χ1) is 7.65. The van der Waals surface area contributed by atoms with Gasteiger partial charge in [0.25, 0.3) is 0 Å². The normalized spacial score (nSPS) is 24.2. The Morgan fingerprint density at radius 2 is 2.19 bits per heavy atom. The second-order valence-electron chi connectivity index (χ2n) is 4.36. The van der Waals surface area contributed by atoms with Crippen molar-refractivity contribution in [2.75, 3.05) is 6.54 Å². The van der Waals surface area contributed by atoms with Crippen molar-refractivity contribution in [1.82, 2.24) is 5.32 Å². The van der Waals surface area contributed by atoms with Gasteiger partial charge in [-0.15, -0.1) is 0 Å². The van der Waals surface area contributed by atoms with Crippen LogP contribution < -0.4 is 5.32 Å². The second-order valence-corrected chi connectivity index (χ2v) is 5.68. The first-order valence-corrected chi connectivity index (χ1v) is 6.65. The molecule has 1 aromatic carbocycles. The highest BCUT2D eigenvalue weighted by atomic mass is 79.9. The van der Waals surface area contributed by atoms with E-state index in [0.29, 0.717) is 5.92 Å². The summed E-state index contributed by atoms with van der Waals surface area (Å²) in [5.74, 6) is 0.629. The summed E-state index contributed by atoms with van der Waals surface area (Å²) in [6, 6.07) is 5.93. The molecule has 88 valence electrons. The highest BCUT2D eigenvalue weighted by molar-refractivity contribution is 9.10. The molecular formula is C12H15BrClNO. The summed E-state index contributed by atoms with van der Waals surface area (Å²) in [5.41, 5.74) is 1.12. The minimum atomic E-state index is -0.0666. The molecule has 1 aromatic rings. The molecule has 0 radical (unpaired) electrons. The maximum absolute atomic E-state index is 9.16. The summed E-state index contributed by atoms with van der Waals surface area (Å²) in [5, 5.41) is 13.3. The van der Waals surface area contributed by atoms with Crippen LogP contribution in [0.15, 0.2) is 22.7 Å². The van der Waals surface area contributed by atoms with E-state index in [9.17, 15) is 0 Å². The quantitative estimate of drug-likeness (QED) is 0.896. The molecule has 0 spiro atoms. The Bertz CT molecular complexity index is 366. The van der Waals surface area contributed by atoms with Crippen molar-refractivity contribution < 1.29 is 5.11 Å². The average molecular weight is 305 g/mol. The van der Waals surface area contributed by atoms with Gasteiger partial charge in [0.15, 0.2) is 0 Å². The molecule has 2 rings (SSSR count). The van der Waals surface area contributed by atoms with E-state index in [1.807, 2.05) is 18.2 Å². The molecule has 1 saturated carbocycles. The molecule has 0 aromatic heterocycles. The Morgan fingerprint density at radius 1 is 1.44 bits per heavy atom. The number of rotatable bonds is 4. The summed E-state index contributed by atoms with van der Waals surface area (Å²) in [4.78, 5) is 0. The predicted octanol–water partition coefficient (Wildman–Crippen LogP) is 2.96. The fourth-order valence-electron chi connectivity index (χ4n) is 1.94. The smallest absolute Gasteiger partial charge is 0.0546 e. The van der Waals surface area contributed by atoms with E-state index in [4.69, 9.17) is 16.7 Å². The molecule has 0 amide bonds. The van der Waals surface area contributed by atoms with Crippen LogP contribution in [-0.2, 0) is 6.54 Å². The zero-order valence-electron chi connectivity index (χ0n) is 8.92. The lowest BCUT2D eigenvalue weighted by Gasteiger charge is -2.31. The predicted molar refractivity (Wildman–Crippen MR) is 69.6 cm³/mol. The van der Waals surface area contributed by atoms with Gasteiger partial charge in [0.2, 0.25) is 0 Å². The van der Waals surface area contributed by atoms with Gasteiger partial charge < -0.3 is 10.4 Å². The van der Waals surface area contributed by atoms with E-state index in [0.717, 1.165) is 41.0 Å². The molecule has 2 N–H and O–H groups in total. The highest BCUT2D eigenvalue weighted by Gasteiger charge is 2.26. The molecule has 1 aliphatic carbocycles. The third kappa shape index (κ3) is 3.20. The zero-order chi connectivity index (χ0) is 11.5. The van der Waals surface area contributed by atoms with Crippen molar-refractivity contribution in [2.45, 2.75) is 25.5 Å². The Labute approximate surface area is 109 Å². The topological polar surface area (TPSA) is 32.3 Å². The van der Waals surface area contributed by atoms with Crippen LogP contribution in [0.1, 0.15) is 18.4 Å². The lowest BCUT2D eigenvalue weighted by Crippen LogP contribution is -2.35. The van der Waals surface area contributed by atoms with Gasteiger partial charge in [0, 0.05) is 16.0 Å². The van der Waals surface area contributed by atoms with Crippen LogP contribution in [0.3, 0.4) is 0 Å². The zero-order valence-corrected chi connectivity index (χ0v) is 11.3. The number of halogens is 2. The summed E-state index contributed by atoms with van der Waals surface area (Å²) in [6.45, 7) is 1.75. The maximum Gasteiger partial charge on any atom is 0.0546 e. The molecule has 4 heteroatoms. The Hall–Kier alpha value is -0.0900. The van der Waals surface area contributed by atoms with E-state index in [2.05, 4.69) is 21.2 Å². The van der Waals surface area contributed by atoms with Crippen molar-refractivity contribution in [2.24, 2.45) is 5.92 Å². The highest BCUT2D eigenvalue weighted by Crippen LogP contribution is 2.26. The molecule has 2 nitrogen and oxygen atoms in total. The molecule has 0 aliphatic heterocycles. The molecule has 0 saturated heterocycles. The third-order valence-corrected chi connectivity index (χ3v) is 3.82. The van der Waals surface area contributed by atoms with Crippen molar-refractivity contribution in [3.8, 4) is 0 Å². The molecule has 0 unspecified atom stereocenters. The SMILES string of the molecule is OC1CC(CNCc2ccc(Br)cc2Cl)C1. The minimum Gasteiger partial charge on any atom is -0.393 e. The second kappa shape index (κ2) is 5.50. The summed E-state index contributed by atoms with van der Waals surface area (Å²) in [7, 11) is 0. The largest absolute Gasteiger partial charge is 0.393 e. The van der Waals surface area contributed by atoms with Crippen LogP contribution >= 0.6 is 27.5 Å². The van der Waals surface area contributed by atoms with Crippen molar-refractivity contribution in [1.29, 1.82) is 0 Å². The number of aliphatic hydroxyl groups is 1. The van der Waals surface area contributed by atoms with Crippen LogP contribution in [0.25, 0.3) is 0 Å². The van der Waals surface area contributed by atoms with Gasteiger partial charge in [-0.05, 0) is 43.0 Å². The lowest BCUT2D eigenvalue weighted by atomic mass is 9.82. The van der Waals surface area contributed by atoms with Gasteiger partial charge in [0.05, 0.1) is 6.10 Å². The minimum absolute atomic E-state index is 0.0666. The van der Waals surface area contributed by atoms with Crippen LogP contribution in [0.5, 0.6) is 0 Å². The molecule has 1 fully saturated rings. The van der Waals surface area contributed by atoms with E-state index in [1.54, 1.807) is 0 Å². The first kappa shape index (κ1) is 12.4. The van der Waals surface area contributed by atoms with Gasteiger partial charge in [-0.2, -0.15) is 0 Å². The van der Waals surface area contributed by atoms with Crippen molar-refractivity contribution in [3.05, 3.63) is 33.3 Å². The monoisotopic (exact) mass is 303 g/mol. The van der Waals surface area contributed by atoms with E-state index < -0.39 is 0 Å². The van der Waals surface area contributed by atoms with Crippen LogP contribution in [0, 0.1) is 5.92 Å². The summed E-state index contributed by atoms with van der Waals surface area (Å²) >= 11 is 9.49. The first-order valence-electron chi connectivity index (χ1n) is 5.48. The Balaban J connectivity index is 1.76. The molecule has 0 atom stereocenters. The fraction of sp³-hybridized carbons (Fsp3) is 0.500. The van der Waals surface area contributed by atoms with Crippen LogP contribution in [0.4, 0.5) is 0 Å². The van der Waals surface area contributed by atoms with Gasteiger partial charge in [-0.3, -0.25) is 0 Å². The third-order valence-electron chi connectivity index (χ3n) is 2.97. The standard InChI is InChI=1S/C12H15BrClNO/c13-10-2-1-9(12(14)5-10)7-15-6-8-3-11(16)4-8/h1-2,5,8,11,15-16H,3-4,6-7H2. The van der Waals surface area contributed by atoms with Crippen LogP contribution in [0.2, 0.25) is 5.02 Å². The molecule has 0 bridgehead atoms. The summed E-state index contributed by atoms with van der Waals surface area (Å²) < 4.78 is 1.00. The van der Waals surface area contributed by atoms with Crippen molar-refractivity contribution in [3.63, 3.8) is 0 Å². The van der Waals surface area contributed by atoms with Gasteiger partial charge in [-0.1, -0.05) is 33.6 Å². The lowest BCUT2D eigenvalue weighted by molar-refractivity contribution is 0.0430. The maximum atomic E-state index is 9.16. The van der Waals surface area contributed by atoms with Gasteiger partial charge in [0.1, 0.15) is 0 Å². The van der Waals surface area contributed by atoms with Crippen molar-refractivity contribution >= 4 is 27.5 Å². The molecule has 16 heavy (non-hydrogen) atoms. The number of benzene rings is 1. The average Bonchev–Trinajstić information content (AvgIpc) is 2.18.